The van der Waals surface area contributed by atoms with Crippen molar-refractivity contribution in [1.29, 1.82) is 0 Å². The molecule has 2 aromatic carbocycles. The zero-order valence-corrected chi connectivity index (χ0v) is 16.0. The van der Waals surface area contributed by atoms with Gasteiger partial charge in [-0.25, -0.2) is 0 Å². The third kappa shape index (κ3) is 2.83. The van der Waals surface area contributed by atoms with Gasteiger partial charge in [0.05, 0.1) is 0 Å². The van der Waals surface area contributed by atoms with Gasteiger partial charge >= 0.3 is 0 Å². The molecule has 0 atom stereocenters. The zero-order chi connectivity index (χ0) is 16.4. The standard InChI is InChI=1S/C22H21I/c1-4-8-16(9-7-14-23)17-12-13-19-18-10-5-6-11-20(18)22(2,3)21(19)15-17/h4-15H,1-3H3/b8-4-,14-7+,16-9+. The van der Waals surface area contributed by atoms with Gasteiger partial charge in [-0.2, -0.15) is 0 Å². The molecule has 0 amide bonds. The Morgan fingerprint density at radius 3 is 2.48 bits per heavy atom. The second-order valence-electron chi connectivity index (χ2n) is 6.37. The van der Waals surface area contributed by atoms with Crippen LogP contribution < -0.4 is 0 Å². The predicted molar refractivity (Wildman–Crippen MR) is 110 cm³/mol. The summed E-state index contributed by atoms with van der Waals surface area (Å²) in [5.41, 5.74) is 8.18. The first-order valence-electron chi connectivity index (χ1n) is 7.94. The van der Waals surface area contributed by atoms with E-state index in [-0.39, 0.29) is 5.41 Å². The number of hydrogen-bond acceptors (Lipinski definition) is 0. The monoisotopic (exact) mass is 412 g/mol. The van der Waals surface area contributed by atoms with Crippen LogP contribution >= 0.6 is 22.6 Å². The summed E-state index contributed by atoms with van der Waals surface area (Å²) in [5, 5.41) is 0. The fourth-order valence-electron chi connectivity index (χ4n) is 3.45. The molecule has 0 unspecified atom stereocenters. The lowest BCUT2D eigenvalue weighted by Gasteiger charge is -2.22. The normalized spacial score (nSPS) is 16.1. The third-order valence-electron chi connectivity index (χ3n) is 4.61. The summed E-state index contributed by atoms with van der Waals surface area (Å²) in [6.45, 7) is 6.71. The van der Waals surface area contributed by atoms with Crippen molar-refractivity contribution in [2.24, 2.45) is 0 Å². The number of rotatable bonds is 3. The van der Waals surface area contributed by atoms with Gasteiger partial charge in [0.2, 0.25) is 0 Å². The van der Waals surface area contributed by atoms with Crippen molar-refractivity contribution in [3.63, 3.8) is 0 Å². The molecule has 0 radical (unpaired) electrons. The van der Waals surface area contributed by atoms with Crippen LogP contribution in [0.3, 0.4) is 0 Å². The number of benzene rings is 2. The smallest absolute Gasteiger partial charge is 0.0159 e. The molecule has 0 fully saturated rings. The number of fused-ring (bicyclic) bond motifs is 3. The predicted octanol–water partition coefficient (Wildman–Crippen LogP) is 6.90. The van der Waals surface area contributed by atoms with Gasteiger partial charge in [0.15, 0.2) is 0 Å². The fourth-order valence-corrected chi connectivity index (χ4v) is 3.66. The zero-order valence-electron chi connectivity index (χ0n) is 13.8. The van der Waals surface area contributed by atoms with E-state index in [2.05, 4.69) is 110 Å². The summed E-state index contributed by atoms with van der Waals surface area (Å²) >= 11 is 2.25. The van der Waals surface area contributed by atoms with Crippen LogP contribution in [0.5, 0.6) is 0 Å². The first-order chi connectivity index (χ1) is 11.1. The molecular weight excluding hydrogens is 391 g/mol. The van der Waals surface area contributed by atoms with Gasteiger partial charge in [-0.15, -0.1) is 0 Å². The van der Waals surface area contributed by atoms with E-state index in [1.165, 1.54) is 33.4 Å². The molecule has 3 rings (SSSR count). The lowest BCUT2D eigenvalue weighted by molar-refractivity contribution is 0.660. The van der Waals surface area contributed by atoms with E-state index in [1.54, 1.807) is 0 Å². The largest absolute Gasteiger partial charge is 0.0870 e. The van der Waals surface area contributed by atoms with Gasteiger partial charge in [-0.3, -0.25) is 0 Å². The first-order valence-corrected chi connectivity index (χ1v) is 9.18. The van der Waals surface area contributed by atoms with Crippen LogP contribution in [0.2, 0.25) is 0 Å². The Balaban J connectivity index is 2.16. The SMILES string of the molecule is C\C=C/C(=C\C=C\I)c1ccc2c(c1)C(C)(C)c1ccccc1-2. The highest BCUT2D eigenvalue weighted by atomic mass is 127. The summed E-state index contributed by atoms with van der Waals surface area (Å²) < 4.78 is 2.04. The molecule has 2 aromatic rings. The van der Waals surface area contributed by atoms with Gasteiger partial charge < -0.3 is 0 Å². The van der Waals surface area contributed by atoms with Crippen molar-refractivity contribution in [2.45, 2.75) is 26.2 Å². The lowest BCUT2D eigenvalue weighted by Crippen LogP contribution is -2.15. The second-order valence-corrected chi connectivity index (χ2v) is 7.09. The Labute approximate surface area is 152 Å². The number of halogens is 1. The van der Waals surface area contributed by atoms with Crippen molar-refractivity contribution < 1.29 is 0 Å². The summed E-state index contributed by atoms with van der Waals surface area (Å²) in [6.07, 6.45) is 8.53. The van der Waals surface area contributed by atoms with Gasteiger partial charge in [-0.1, -0.05) is 97.1 Å². The Kier molecular flexibility index (Phi) is 4.58. The molecule has 0 nitrogen and oxygen atoms in total. The first kappa shape index (κ1) is 16.3. The van der Waals surface area contributed by atoms with E-state index >= 15 is 0 Å². The van der Waals surface area contributed by atoms with Gasteiger partial charge in [0.1, 0.15) is 0 Å². The van der Waals surface area contributed by atoms with Crippen LogP contribution in [0.1, 0.15) is 37.5 Å². The van der Waals surface area contributed by atoms with Crippen LogP contribution in [0.15, 0.2) is 70.9 Å². The quantitative estimate of drug-likeness (QED) is 0.380. The van der Waals surface area contributed by atoms with Crippen molar-refractivity contribution in [3.8, 4) is 11.1 Å². The van der Waals surface area contributed by atoms with Gasteiger partial charge in [0, 0.05) is 5.41 Å². The Bertz CT molecular complexity index is 820. The molecule has 0 spiro atoms. The van der Waals surface area contributed by atoms with Crippen LogP contribution in [-0.4, -0.2) is 0 Å². The topological polar surface area (TPSA) is 0 Å². The van der Waals surface area contributed by atoms with E-state index in [0.717, 1.165) is 0 Å². The molecule has 0 heterocycles. The van der Waals surface area contributed by atoms with Crippen LogP contribution in [0.25, 0.3) is 16.7 Å². The second kappa shape index (κ2) is 6.48. The summed E-state index contributed by atoms with van der Waals surface area (Å²) in [4.78, 5) is 0. The molecule has 0 bridgehead atoms. The molecule has 0 saturated heterocycles. The molecule has 0 aliphatic heterocycles. The highest BCUT2D eigenvalue weighted by molar-refractivity contribution is 14.1. The van der Waals surface area contributed by atoms with Crippen LogP contribution in [0, 0.1) is 0 Å². The maximum atomic E-state index is 2.36. The van der Waals surface area contributed by atoms with E-state index in [0.29, 0.717) is 0 Å². The van der Waals surface area contributed by atoms with Crippen LogP contribution in [-0.2, 0) is 5.41 Å². The lowest BCUT2D eigenvalue weighted by atomic mass is 9.81. The Morgan fingerprint density at radius 2 is 1.74 bits per heavy atom. The molecule has 116 valence electrons. The summed E-state index contributed by atoms with van der Waals surface area (Å²) in [6, 6.07) is 15.7. The van der Waals surface area contributed by atoms with Crippen LogP contribution in [0.4, 0.5) is 0 Å². The molecule has 1 aliphatic carbocycles. The van der Waals surface area contributed by atoms with Crippen molar-refractivity contribution in [1.82, 2.24) is 0 Å². The molecule has 0 aromatic heterocycles. The van der Waals surface area contributed by atoms with E-state index in [4.69, 9.17) is 0 Å². The van der Waals surface area contributed by atoms with E-state index in [9.17, 15) is 0 Å². The summed E-state index contributed by atoms with van der Waals surface area (Å²) in [5.74, 6) is 0. The van der Waals surface area contributed by atoms with Crippen molar-refractivity contribution in [3.05, 3.63) is 87.5 Å². The maximum Gasteiger partial charge on any atom is 0.0159 e. The average molecular weight is 412 g/mol. The minimum absolute atomic E-state index is 0.0576. The average Bonchev–Trinajstić information content (AvgIpc) is 2.80. The van der Waals surface area contributed by atoms with Gasteiger partial charge in [-0.05, 0) is 50.5 Å². The Hall–Kier alpha value is -1.61. The number of allylic oxidation sites excluding steroid dienone is 5. The minimum Gasteiger partial charge on any atom is -0.0870 e. The fraction of sp³-hybridized carbons (Fsp3) is 0.182. The molecule has 23 heavy (non-hydrogen) atoms. The Morgan fingerprint density at radius 1 is 1.00 bits per heavy atom. The third-order valence-corrected chi connectivity index (χ3v) is 5.03. The highest BCUT2D eigenvalue weighted by Gasteiger charge is 2.35. The molecule has 0 saturated carbocycles. The molecule has 1 aliphatic rings. The summed E-state index contributed by atoms with van der Waals surface area (Å²) in [7, 11) is 0. The van der Waals surface area contributed by atoms with E-state index in [1.807, 2.05) is 4.08 Å². The van der Waals surface area contributed by atoms with Crippen molar-refractivity contribution in [2.75, 3.05) is 0 Å². The highest BCUT2D eigenvalue weighted by Crippen LogP contribution is 2.49. The van der Waals surface area contributed by atoms with Crippen molar-refractivity contribution >= 4 is 28.2 Å². The molecule has 0 N–H and O–H groups in total. The molecular formula is C22H21I. The minimum atomic E-state index is 0.0576. The molecule has 1 heteroatoms. The number of hydrogen-bond donors (Lipinski definition) is 0. The van der Waals surface area contributed by atoms with E-state index < -0.39 is 0 Å². The van der Waals surface area contributed by atoms with Gasteiger partial charge in [0.25, 0.3) is 0 Å². The maximum absolute atomic E-state index is 2.36.